The maximum atomic E-state index is 12.4. The smallest absolute Gasteiger partial charge is 0.244 e. The van der Waals surface area contributed by atoms with E-state index in [0.29, 0.717) is 24.9 Å². The second kappa shape index (κ2) is 5.44. The predicted molar refractivity (Wildman–Crippen MR) is 74.1 cm³/mol. The highest BCUT2D eigenvalue weighted by Gasteiger charge is 2.30. The lowest BCUT2D eigenvalue weighted by atomic mass is 10.1. The van der Waals surface area contributed by atoms with Crippen LogP contribution in [-0.4, -0.2) is 55.8 Å². The second-order valence-electron chi connectivity index (χ2n) is 5.02. The molecule has 6 nitrogen and oxygen atoms in total. The minimum atomic E-state index is -3.43. The molecule has 1 aliphatic heterocycles. The number of hydrogen-bond donors (Lipinski definition) is 1. The summed E-state index contributed by atoms with van der Waals surface area (Å²) < 4.78 is 26.3. The third-order valence-electron chi connectivity index (χ3n) is 3.55. The van der Waals surface area contributed by atoms with Gasteiger partial charge in [0.1, 0.15) is 10.7 Å². The monoisotopic (exact) mass is 284 g/mol. The SMILES string of the molecule is CN(C)C1CCN(S(=O)(=O)c2ccc(N)nc2)CC1. The molecule has 0 amide bonds. The van der Waals surface area contributed by atoms with E-state index in [1.165, 1.54) is 22.6 Å². The molecule has 2 rings (SSSR count). The van der Waals surface area contributed by atoms with Gasteiger partial charge in [-0.3, -0.25) is 0 Å². The van der Waals surface area contributed by atoms with Gasteiger partial charge in [0.25, 0.3) is 0 Å². The lowest BCUT2D eigenvalue weighted by Gasteiger charge is -2.34. The standard InChI is InChI=1S/C12H20N4O2S/c1-15(2)10-5-7-16(8-6-10)19(17,18)11-3-4-12(13)14-9-11/h3-4,9-10H,5-8H2,1-2H3,(H2,13,14). The van der Waals surface area contributed by atoms with Crippen LogP contribution < -0.4 is 5.73 Å². The first-order chi connectivity index (χ1) is 8.91. The number of nitrogen functional groups attached to an aromatic ring is 1. The van der Waals surface area contributed by atoms with Gasteiger partial charge < -0.3 is 10.6 Å². The summed E-state index contributed by atoms with van der Waals surface area (Å²) in [5.41, 5.74) is 5.47. The molecule has 1 aromatic rings. The molecule has 19 heavy (non-hydrogen) atoms. The minimum Gasteiger partial charge on any atom is -0.384 e. The van der Waals surface area contributed by atoms with Crippen molar-refractivity contribution in [3.05, 3.63) is 18.3 Å². The topological polar surface area (TPSA) is 79.5 Å². The van der Waals surface area contributed by atoms with Crippen LogP contribution in [0.1, 0.15) is 12.8 Å². The summed E-state index contributed by atoms with van der Waals surface area (Å²) >= 11 is 0. The third-order valence-corrected chi connectivity index (χ3v) is 5.43. The average molecular weight is 284 g/mol. The number of rotatable bonds is 3. The van der Waals surface area contributed by atoms with Crippen LogP contribution in [0.2, 0.25) is 0 Å². The molecule has 0 spiro atoms. The van der Waals surface area contributed by atoms with Crippen molar-refractivity contribution in [2.75, 3.05) is 32.9 Å². The predicted octanol–water partition coefficient (Wildman–Crippen LogP) is 0.378. The zero-order valence-corrected chi connectivity index (χ0v) is 12.1. The number of nitrogens with zero attached hydrogens (tertiary/aromatic N) is 3. The van der Waals surface area contributed by atoms with Crippen molar-refractivity contribution in [1.82, 2.24) is 14.2 Å². The first kappa shape index (κ1) is 14.2. The molecule has 0 aliphatic carbocycles. The number of nitrogens with two attached hydrogens (primary N) is 1. The summed E-state index contributed by atoms with van der Waals surface area (Å²) in [5.74, 6) is 0.324. The Morgan fingerprint density at radius 2 is 1.95 bits per heavy atom. The fourth-order valence-corrected chi connectivity index (χ4v) is 3.71. The van der Waals surface area contributed by atoms with Gasteiger partial charge in [0, 0.05) is 25.3 Å². The zero-order chi connectivity index (χ0) is 14.0. The van der Waals surface area contributed by atoms with Gasteiger partial charge in [-0.25, -0.2) is 13.4 Å². The van der Waals surface area contributed by atoms with Gasteiger partial charge in [-0.1, -0.05) is 0 Å². The maximum Gasteiger partial charge on any atom is 0.244 e. The number of sulfonamides is 1. The van der Waals surface area contributed by atoms with Crippen LogP contribution in [0.4, 0.5) is 5.82 Å². The fraction of sp³-hybridized carbons (Fsp3) is 0.583. The molecule has 0 aromatic carbocycles. The molecule has 106 valence electrons. The Balaban J connectivity index is 2.12. The Morgan fingerprint density at radius 3 is 2.42 bits per heavy atom. The first-order valence-electron chi connectivity index (χ1n) is 6.29. The summed E-state index contributed by atoms with van der Waals surface area (Å²) in [6, 6.07) is 3.48. The second-order valence-corrected chi connectivity index (χ2v) is 6.96. The van der Waals surface area contributed by atoms with Crippen LogP contribution in [0, 0.1) is 0 Å². The van der Waals surface area contributed by atoms with Crippen LogP contribution in [0.5, 0.6) is 0 Å². The Labute approximate surface area is 114 Å². The molecular formula is C12H20N4O2S. The van der Waals surface area contributed by atoms with Crippen molar-refractivity contribution < 1.29 is 8.42 Å². The Bertz CT molecular complexity index is 519. The van der Waals surface area contributed by atoms with Crippen LogP contribution in [0.3, 0.4) is 0 Å². The summed E-state index contributed by atoms with van der Waals surface area (Å²) in [6.07, 6.45) is 3.03. The van der Waals surface area contributed by atoms with E-state index in [-0.39, 0.29) is 4.90 Å². The van der Waals surface area contributed by atoms with Gasteiger partial charge in [0.2, 0.25) is 10.0 Å². The van der Waals surface area contributed by atoms with E-state index in [1.54, 1.807) is 0 Å². The highest BCUT2D eigenvalue weighted by Crippen LogP contribution is 2.22. The van der Waals surface area contributed by atoms with Gasteiger partial charge in [0.05, 0.1) is 0 Å². The molecule has 0 bridgehead atoms. The van der Waals surface area contributed by atoms with Crippen LogP contribution >= 0.6 is 0 Å². The van der Waals surface area contributed by atoms with Crippen molar-refractivity contribution in [3.8, 4) is 0 Å². The molecule has 1 aliphatic rings. The number of aromatic nitrogens is 1. The van der Waals surface area contributed by atoms with Crippen LogP contribution in [-0.2, 0) is 10.0 Å². The lowest BCUT2D eigenvalue weighted by molar-refractivity contribution is 0.196. The molecule has 1 fully saturated rings. The molecule has 2 heterocycles. The van der Waals surface area contributed by atoms with E-state index >= 15 is 0 Å². The van der Waals surface area contributed by atoms with Gasteiger partial charge >= 0.3 is 0 Å². The molecule has 7 heteroatoms. The van der Waals surface area contributed by atoms with Crippen LogP contribution in [0.15, 0.2) is 23.2 Å². The molecule has 2 N–H and O–H groups in total. The number of anilines is 1. The van der Waals surface area contributed by atoms with E-state index < -0.39 is 10.0 Å². The zero-order valence-electron chi connectivity index (χ0n) is 11.3. The van der Waals surface area contributed by atoms with E-state index in [0.717, 1.165) is 12.8 Å². The van der Waals surface area contributed by atoms with Gasteiger partial charge in [-0.2, -0.15) is 4.31 Å². The molecular weight excluding hydrogens is 264 g/mol. The minimum absolute atomic E-state index is 0.213. The van der Waals surface area contributed by atoms with E-state index in [9.17, 15) is 8.42 Å². The molecule has 0 saturated carbocycles. The van der Waals surface area contributed by atoms with Gasteiger partial charge in [0.15, 0.2) is 0 Å². The molecule has 0 unspecified atom stereocenters. The summed E-state index contributed by atoms with van der Waals surface area (Å²) in [6.45, 7) is 1.10. The van der Waals surface area contributed by atoms with Gasteiger partial charge in [-0.15, -0.1) is 0 Å². The van der Waals surface area contributed by atoms with Crippen molar-refractivity contribution in [2.45, 2.75) is 23.8 Å². The Morgan fingerprint density at radius 1 is 1.32 bits per heavy atom. The van der Waals surface area contributed by atoms with E-state index in [1.807, 2.05) is 14.1 Å². The van der Waals surface area contributed by atoms with Crippen molar-refractivity contribution >= 4 is 15.8 Å². The number of hydrogen-bond acceptors (Lipinski definition) is 5. The normalized spacial score (nSPS) is 18.9. The number of piperidine rings is 1. The average Bonchev–Trinajstić information content (AvgIpc) is 2.39. The summed E-state index contributed by atoms with van der Waals surface area (Å²) in [4.78, 5) is 6.21. The highest BCUT2D eigenvalue weighted by atomic mass is 32.2. The van der Waals surface area contributed by atoms with Crippen molar-refractivity contribution in [3.63, 3.8) is 0 Å². The molecule has 0 atom stereocenters. The Kier molecular flexibility index (Phi) is 4.07. The summed E-state index contributed by atoms with van der Waals surface area (Å²) in [5, 5.41) is 0. The van der Waals surface area contributed by atoms with Crippen molar-refractivity contribution in [1.29, 1.82) is 0 Å². The fourth-order valence-electron chi connectivity index (χ4n) is 2.29. The third kappa shape index (κ3) is 3.05. The molecule has 1 saturated heterocycles. The molecule has 0 radical (unpaired) electrons. The number of pyridine rings is 1. The van der Waals surface area contributed by atoms with E-state index in [2.05, 4.69) is 9.88 Å². The lowest BCUT2D eigenvalue weighted by Crippen LogP contribution is -2.44. The van der Waals surface area contributed by atoms with Crippen LogP contribution in [0.25, 0.3) is 0 Å². The maximum absolute atomic E-state index is 12.4. The largest absolute Gasteiger partial charge is 0.384 e. The van der Waals surface area contributed by atoms with E-state index in [4.69, 9.17) is 5.73 Å². The quantitative estimate of drug-likeness (QED) is 0.868. The van der Waals surface area contributed by atoms with Crippen molar-refractivity contribution in [2.24, 2.45) is 0 Å². The summed E-state index contributed by atoms with van der Waals surface area (Å²) in [7, 11) is 0.622. The molecule has 1 aromatic heterocycles. The first-order valence-corrected chi connectivity index (χ1v) is 7.73. The Hall–Kier alpha value is -1.18. The van der Waals surface area contributed by atoms with Gasteiger partial charge in [-0.05, 0) is 39.1 Å². The highest BCUT2D eigenvalue weighted by molar-refractivity contribution is 7.89.